The van der Waals surface area contributed by atoms with Crippen LogP contribution in [0.2, 0.25) is 0 Å². The molecule has 0 bridgehead atoms. The summed E-state index contributed by atoms with van der Waals surface area (Å²) in [6.45, 7) is 5.20. The Morgan fingerprint density at radius 2 is 1.86 bits per heavy atom. The van der Waals surface area contributed by atoms with E-state index in [0.717, 1.165) is 59.5 Å². The lowest BCUT2D eigenvalue weighted by Crippen LogP contribution is -2.39. The molecule has 2 aromatic carbocycles. The molecule has 2 heterocycles. The van der Waals surface area contributed by atoms with E-state index in [9.17, 15) is 4.79 Å². The van der Waals surface area contributed by atoms with Crippen LogP contribution in [0.1, 0.15) is 6.42 Å². The minimum absolute atomic E-state index is 0.111. The highest BCUT2D eigenvalue weighted by Gasteiger charge is 2.20. The number of aromatic nitrogens is 1. The minimum Gasteiger partial charge on any atom is -0.379 e. The van der Waals surface area contributed by atoms with Crippen LogP contribution in [0.4, 0.5) is 5.13 Å². The Bertz CT molecular complexity index is 893. The van der Waals surface area contributed by atoms with Crippen molar-refractivity contribution in [1.82, 2.24) is 9.88 Å². The number of carbonyl (C=O) groups excluding carboxylic acids is 1. The molecule has 1 aliphatic rings. The highest BCUT2D eigenvalue weighted by molar-refractivity contribution is 8.00. The van der Waals surface area contributed by atoms with E-state index in [0.29, 0.717) is 12.3 Å². The van der Waals surface area contributed by atoms with Crippen LogP contribution < -0.4 is 4.90 Å². The van der Waals surface area contributed by atoms with E-state index >= 15 is 0 Å². The number of hydrogen-bond acceptors (Lipinski definition) is 6. The maximum atomic E-state index is 13.1. The standard InChI is InChI=1S/C22H25N3O2S2/c26-21(17-28-18-7-2-1-3-8-18)25(12-6-11-24-13-15-27-16-14-24)22-23-19-9-4-5-10-20(19)29-22/h1-5,7-10H,6,11-17H2. The Balaban J connectivity index is 1.44. The molecular weight excluding hydrogens is 402 g/mol. The average molecular weight is 428 g/mol. The number of ether oxygens (including phenoxy) is 1. The lowest BCUT2D eigenvalue weighted by molar-refractivity contribution is -0.116. The summed E-state index contributed by atoms with van der Waals surface area (Å²) in [7, 11) is 0. The van der Waals surface area contributed by atoms with Gasteiger partial charge in [-0.15, -0.1) is 11.8 Å². The molecule has 1 fully saturated rings. The number of rotatable bonds is 8. The summed E-state index contributed by atoms with van der Waals surface area (Å²) in [5.41, 5.74) is 0.953. The summed E-state index contributed by atoms with van der Waals surface area (Å²) in [4.78, 5) is 23.2. The van der Waals surface area contributed by atoms with Gasteiger partial charge in [0, 0.05) is 31.1 Å². The molecule has 0 radical (unpaired) electrons. The Kier molecular flexibility index (Phi) is 7.16. The zero-order chi connectivity index (χ0) is 19.9. The van der Waals surface area contributed by atoms with Gasteiger partial charge in [0.1, 0.15) is 0 Å². The molecule has 0 spiro atoms. The van der Waals surface area contributed by atoms with Crippen LogP contribution in [-0.4, -0.2) is 60.9 Å². The van der Waals surface area contributed by atoms with Crippen molar-refractivity contribution in [2.24, 2.45) is 0 Å². The third kappa shape index (κ3) is 5.57. The lowest BCUT2D eigenvalue weighted by Gasteiger charge is -2.27. The molecule has 4 rings (SSSR count). The Morgan fingerprint density at radius 1 is 1.10 bits per heavy atom. The summed E-state index contributed by atoms with van der Waals surface area (Å²) in [6, 6.07) is 18.1. The fraction of sp³-hybridized carbons (Fsp3) is 0.364. The predicted molar refractivity (Wildman–Crippen MR) is 121 cm³/mol. The number of hydrogen-bond donors (Lipinski definition) is 0. The van der Waals surface area contributed by atoms with Crippen LogP contribution in [0.3, 0.4) is 0 Å². The first-order valence-corrected chi connectivity index (χ1v) is 11.7. The summed E-state index contributed by atoms with van der Waals surface area (Å²) < 4.78 is 6.54. The monoisotopic (exact) mass is 427 g/mol. The highest BCUT2D eigenvalue weighted by Crippen LogP contribution is 2.29. The normalized spacial score (nSPS) is 14.9. The van der Waals surface area contributed by atoms with Gasteiger partial charge in [0.2, 0.25) is 5.91 Å². The van der Waals surface area contributed by atoms with Crippen molar-refractivity contribution in [3.05, 3.63) is 54.6 Å². The topological polar surface area (TPSA) is 45.7 Å². The maximum absolute atomic E-state index is 13.1. The van der Waals surface area contributed by atoms with Gasteiger partial charge in [-0.1, -0.05) is 41.7 Å². The Morgan fingerprint density at radius 3 is 2.66 bits per heavy atom. The smallest absolute Gasteiger partial charge is 0.239 e. The lowest BCUT2D eigenvalue weighted by atomic mass is 10.3. The van der Waals surface area contributed by atoms with E-state index in [2.05, 4.69) is 11.0 Å². The fourth-order valence-electron chi connectivity index (χ4n) is 3.32. The number of benzene rings is 2. The van der Waals surface area contributed by atoms with Crippen molar-refractivity contribution in [2.45, 2.75) is 11.3 Å². The van der Waals surface area contributed by atoms with Crippen LogP contribution >= 0.6 is 23.1 Å². The van der Waals surface area contributed by atoms with Gasteiger partial charge in [0.25, 0.3) is 0 Å². The molecule has 0 atom stereocenters. The van der Waals surface area contributed by atoms with Gasteiger partial charge < -0.3 is 4.74 Å². The molecule has 1 amide bonds. The molecule has 0 unspecified atom stereocenters. The van der Waals surface area contributed by atoms with E-state index in [1.165, 1.54) is 0 Å². The number of para-hydroxylation sites is 1. The van der Waals surface area contributed by atoms with Crippen molar-refractivity contribution in [3.8, 4) is 0 Å². The molecule has 152 valence electrons. The van der Waals surface area contributed by atoms with Crippen LogP contribution in [-0.2, 0) is 9.53 Å². The molecule has 29 heavy (non-hydrogen) atoms. The second-order valence-electron chi connectivity index (χ2n) is 6.92. The summed E-state index contributed by atoms with van der Waals surface area (Å²) >= 11 is 3.17. The third-order valence-electron chi connectivity index (χ3n) is 4.88. The summed E-state index contributed by atoms with van der Waals surface area (Å²) in [5, 5.41) is 0.798. The number of carbonyl (C=O) groups is 1. The molecule has 3 aromatic rings. The van der Waals surface area contributed by atoms with Gasteiger partial charge >= 0.3 is 0 Å². The van der Waals surface area contributed by atoms with E-state index in [1.807, 2.05) is 53.4 Å². The first-order chi connectivity index (χ1) is 14.3. The summed E-state index contributed by atoms with van der Waals surface area (Å²) in [5.74, 6) is 0.525. The number of morpholine rings is 1. The van der Waals surface area contributed by atoms with Gasteiger partial charge in [-0.05, 0) is 30.7 Å². The average Bonchev–Trinajstić information content (AvgIpc) is 3.20. The van der Waals surface area contributed by atoms with Gasteiger partial charge in [0.05, 0.1) is 29.2 Å². The molecule has 1 aromatic heterocycles. The SMILES string of the molecule is O=C(CSc1ccccc1)N(CCCN1CCOCC1)c1nc2ccccc2s1. The Hall–Kier alpha value is -1.93. The first-order valence-electron chi connectivity index (χ1n) is 9.93. The molecule has 0 saturated carbocycles. The maximum Gasteiger partial charge on any atom is 0.239 e. The largest absolute Gasteiger partial charge is 0.379 e. The van der Waals surface area contributed by atoms with E-state index in [4.69, 9.17) is 9.72 Å². The molecule has 5 nitrogen and oxygen atoms in total. The fourth-order valence-corrected chi connectivity index (χ4v) is 5.12. The summed E-state index contributed by atoms with van der Waals surface area (Å²) in [6.07, 6.45) is 0.928. The van der Waals surface area contributed by atoms with Crippen molar-refractivity contribution in [2.75, 3.05) is 50.0 Å². The van der Waals surface area contributed by atoms with E-state index in [-0.39, 0.29) is 5.91 Å². The van der Waals surface area contributed by atoms with Crippen molar-refractivity contribution in [1.29, 1.82) is 0 Å². The first kappa shape index (κ1) is 20.3. The van der Waals surface area contributed by atoms with E-state index < -0.39 is 0 Å². The zero-order valence-electron chi connectivity index (χ0n) is 16.3. The van der Waals surface area contributed by atoms with Gasteiger partial charge in [-0.3, -0.25) is 14.6 Å². The van der Waals surface area contributed by atoms with Crippen molar-refractivity contribution in [3.63, 3.8) is 0 Å². The molecule has 1 saturated heterocycles. The highest BCUT2D eigenvalue weighted by atomic mass is 32.2. The minimum atomic E-state index is 0.111. The molecular formula is C22H25N3O2S2. The molecule has 0 N–H and O–H groups in total. The van der Waals surface area contributed by atoms with Crippen LogP contribution in [0, 0.1) is 0 Å². The number of nitrogens with zero attached hydrogens (tertiary/aromatic N) is 3. The quantitative estimate of drug-likeness (QED) is 0.506. The zero-order valence-corrected chi connectivity index (χ0v) is 18.0. The second kappa shape index (κ2) is 10.2. The van der Waals surface area contributed by atoms with Crippen molar-refractivity contribution < 1.29 is 9.53 Å². The molecule has 1 aliphatic heterocycles. The van der Waals surface area contributed by atoms with Crippen LogP contribution in [0.25, 0.3) is 10.2 Å². The van der Waals surface area contributed by atoms with Gasteiger partial charge in [-0.2, -0.15) is 0 Å². The van der Waals surface area contributed by atoms with Crippen molar-refractivity contribution >= 4 is 44.4 Å². The number of fused-ring (bicyclic) bond motifs is 1. The van der Waals surface area contributed by atoms with E-state index in [1.54, 1.807) is 23.1 Å². The Labute approximate surface area is 179 Å². The molecule has 7 heteroatoms. The second-order valence-corrected chi connectivity index (χ2v) is 8.98. The molecule has 0 aliphatic carbocycles. The number of thioether (sulfide) groups is 1. The third-order valence-corrected chi connectivity index (χ3v) is 6.94. The number of anilines is 1. The van der Waals surface area contributed by atoms with Crippen LogP contribution in [0.5, 0.6) is 0 Å². The van der Waals surface area contributed by atoms with Gasteiger partial charge in [-0.25, -0.2) is 4.98 Å². The van der Waals surface area contributed by atoms with Crippen LogP contribution in [0.15, 0.2) is 59.5 Å². The number of thiazole rings is 1. The predicted octanol–water partition coefficient (Wildman–Crippen LogP) is 4.14. The van der Waals surface area contributed by atoms with Gasteiger partial charge in [0.15, 0.2) is 5.13 Å². The number of amides is 1.